The molecule has 3 aromatic rings. The third-order valence-corrected chi connectivity index (χ3v) is 5.18. The highest BCUT2D eigenvalue weighted by atomic mass is 16.5. The number of amides is 1. The van der Waals surface area contributed by atoms with Crippen LogP contribution in [0.4, 0.5) is 0 Å². The summed E-state index contributed by atoms with van der Waals surface area (Å²) >= 11 is 0. The Morgan fingerprint density at radius 3 is 2.50 bits per heavy atom. The molecule has 0 aliphatic heterocycles. The Morgan fingerprint density at radius 1 is 1.09 bits per heavy atom. The van der Waals surface area contributed by atoms with Gasteiger partial charge in [-0.05, 0) is 49.8 Å². The predicted molar refractivity (Wildman–Crippen MR) is 130 cm³/mol. The van der Waals surface area contributed by atoms with Crippen molar-refractivity contribution in [2.45, 2.75) is 26.3 Å². The van der Waals surface area contributed by atoms with Crippen molar-refractivity contribution in [3.63, 3.8) is 0 Å². The van der Waals surface area contributed by atoms with Crippen LogP contribution in [0.25, 0.3) is 23.0 Å². The van der Waals surface area contributed by atoms with Gasteiger partial charge in [0.25, 0.3) is 5.91 Å². The minimum absolute atomic E-state index is 0.0228. The van der Waals surface area contributed by atoms with E-state index in [1.54, 1.807) is 31.0 Å². The van der Waals surface area contributed by atoms with Crippen LogP contribution in [0.2, 0.25) is 0 Å². The van der Waals surface area contributed by atoms with Crippen LogP contribution in [0.3, 0.4) is 0 Å². The first-order valence-corrected chi connectivity index (χ1v) is 11.0. The van der Waals surface area contributed by atoms with E-state index in [9.17, 15) is 9.59 Å². The highest BCUT2D eigenvalue weighted by Crippen LogP contribution is 2.33. The minimum atomic E-state index is -0.620. The highest BCUT2D eigenvalue weighted by molar-refractivity contribution is 5.90. The Morgan fingerprint density at radius 2 is 1.82 bits per heavy atom. The van der Waals surface area contributed by atoms with Crippen LogP contribution in [0, 0.1) is 0 Å². The van der Waals surface area contributed by atoms with Crippen LogP contribution >= 0.6 is 0 Å². The summed E-state index contributed by atoms with van der Waals surface area (Å²) in [4.78, 5) is 24.1. The van der Waals surface area contributed by atoms with Gasteiger partial charge in [0, 0.05) is 29.4 Å². The van der Waals surface area contributed by atoms with Crippen molar-refractivity contribution in [2.75, 3.05) is 20.8 Å². The van der Waals surface area contributed by atoms with E-state index in [1.165, 1.54) is 6.08 Å². The normalized spacial score (nSPS) is 11.8. The van der Waals surface area contributed by atoms with Crippen molar-refractivity contribution in [1.29, 1.82) is 0 Å². The Labute approximate surface area is 199 Å². The van der Waals surface area contributed by atoms with Crippen LogP contribution in [0.15, 0.2) is 60.8 Å². The van der Waals surface area contributed by atoms with Gasteiger partial charge in [0.05, 0.1) is 19.9 Å². The second-order valence-corrected chi connectivity index (χ2v) is 7.60. The lowest BCUT2D eigenvalue weighted by Gasteiger charge is -2.10. The molecule has 1 atom stereocenters. The van der Waals surface area contributed by atoms with E-state index >= 15 is 0 Å². The number of esters is 1. The van der Waals surface area contributed by atoms with Gasteiger partial charge in [-0.2, -0.15) is 5.10 Å². The molecule has 0 saturated carbocycles. The van der Waals surface area contributed by atoms with Gasteiger partial charge < -0.3 is 19.5 Å². The summed E-state index contributed by atoms with van der Waals surface area (Å²) in [6, 6.07) is 15.2. The first-order valence-electron chi connectivity index (χ1n) is 11.0. The Bertz CT molecular complexity index is 1150. The molecular formula is C26H29N3O5. The van der Waals surface area contributed by atoms with Gasteiger partial charge in [-0.1, -0.05) is 25.1 Å². The van der Waals surface area contributed by atoms with Gasteiger partial charge in [0.2, 0.25) is 0 Å². The van der Waals surface area contributed by atoms with E-state index in [0.29, 0.717) is 22.8 Å². The fraction of sp³-hybridized carbons (Fsp3) is 0.269. The smallest absolute Gasteiger partial charge is 0.331 e. The molecule has 1 aromatic heterocycles. The lowest BCUT2D eigenvalue weighted by molar-refractivity contribution is -0.144. The Kier molecular flexibility index (Phi) is 8.45. The van der Waals surface area contributed by atoms with Crippen LogP contribution < -0.4 is 14.8 Å². The molecule has 178 valence electrons. The maximum absolute atomic E-state index is 12.2. The second kappa shape index (κ2) is 11.7. The predicted octanol–water partition coefficient (Wildman–Crippen LogP) is 4.03. The van der Waals surface area contributed by atoms with Gasteiger partial charge in [-0.25, -0.2) is 9.48 Å². The molecule has 1 heterocycles. The third kappa shape index (κ3) is 6.25. The van der Waals surface area contributed by atoms with Crippen LogP contribution in [0.1, 0.15) is 25.8 Å². The molecule has 1 amide bonds. The van der Waals surface area contributed by atoms with E-state index in [2.05, 4.69) is 5.32 Å². The van der Waals surface area contributed by atoms with E-state index < -0.39 is 5.97 Å². The van der Waals surface area contributed by atoms with Gasteiger partial charge >= 0.3 is 5.97 Å². The van der Waals surface area contributed by atoms with Crippen LogP contribution in [-0.4, -0.2) is 48.5 Å². The number of nitrogens with one attached hydrogen (secondary N) is 1. The lowest BCUT2D eigenvalue weighted by Crippen LogP contribution is -2.35. The number of carbonyl (C=O) groups excluding carboxylic acids is 2. The van der Waals surface area contributed by atoms with Crippen molar-refractivity contribution < 1.29 is 23.8 Å². The molecule has 0 fully saturated rings. The molecular weight excluding hydrogens is 434 g/mol. The molecule has 1 N–H and O–H groups in total. The number of methoxy groups -OCH3 is 2. The van der Waals surface area contributed by atoms with E-state index in [0.717, 1.165) is 17.7 Å². The van der Waals surface area contributed by atoms with Crippen molar-refractivity contribution in [3.05, 3.63) is 66.4 Å². The summed E-state index contributed by atoms with van der Waals surface area (Å²) in [5.74, 6) is 0.213. The number of aromatic nitrogens is 2. The van der Waals surface area contributed by atoms with Crippen molar-refractivity contribution >= 4 is 18.0 Å². The molecule has 8 nitrogen and oxygen atoms in total. The average Bonchev–Trinajstić information content (AvgIpc) is 3.30. The van der Waals surface area contributed by atoms with E-state index in [4.69, 9.17) is 19.3 Å². The molecule has 0 saturated heterocycles. The molecule has 34 heavy (non-hydrogen) atoms. The maximum atomic E-state index is 12.2. The van der Waals surface area contributed by atoms with Gasteiger partial charge in [0.15, 0.2) is 18.1 Å². The summed E-state index contributed by atoms with van der Waals surface area (Å²) in [5.41, 5.74) is 2.99. The number of nitrogens with zero attached hydrogens (tertiary/aromatic N) is 2. The molecule has 0 spiro atoms. The van der Waals surface area contributed by atoms with Gasteiger partial charge in [-0.3, -0.25) is 4.79 Å². The zero-order valence-corrected chi connectivity index (χ0v) is 19.8. The van der Waals surface area contributed by atoms with Crippen molar-refractivity contribution in [1.82, 2.24) is 15.1 Å². The quantitative estimate of drug-likeness (QED) is 0.361. The Balaban J connectivity index is 1.86. The number of para-hydroxylation sites is 1. The van der Waals surface area contributed by atoms with Gasteiger partial charge in [-0.15, -0.1) is 0 Å². The number of rotatable bonds is 10. The molecule has 1 unspecified atom stereocenters. The molecule has 0 radical (unpaired) electrons. The first kappa shape index (κ1) is 24.6. The molecule has 8 heteroatoms. The van der Waals surface area contributed by atoms with Crippen LogP contribution in [-0.2, 0) is 14.3 Å². The van der Waals surface area contributed by atoms with E-state index in [1.807, 2.05) is 62.5 Å². The SMILES string of the molecule is CCC(C)NC(=O)COC(=O)/C=C/c1cn(-c2ccccc2)nc1-c1ccc(OC)c(OC)c1. The molecule has 2 aromatic carbocycles. The first-order chi connectivity index (χ1) is 16.4. The molecule has 3 rings (SSSR count). The number of ether oxygens (including phenoxy) is 3. The molecule has 0 aliphatic carbocycles. The summed E-state index contributed by atoms with van der Waals surface area (Å²) in [7, 11) is 3.14. The maximum Gasteiger partial charge on any atom is 0.331 e. The summed E-state index contributed by atoms with van der Waals surface area (Å²) in [6.07, 6.45) is 5.52. The van der Waals surface area contributed by atoms with E-state index in [-0.39, 0.29) is 18.6 Å². The zero-order valence-electron chi connectivity index (χ0n) is 19.8. The lowest BCUT2D eigenvalue weighted by atomic mass is 10.1. The largest absolute Gasteiger partial charge is 0.493 e. The van der Waals surface area contributed by atoms with Crippen LogP contribution in [0.5, 0.6) is 11.5 Å². The third-order valence-electron chi connectivity index (χ3n) is 5.18. The summed E-state index contributed by atoms with van der Waals surface area (Å²) < 4.78 is 17.6. The number of benzene rings is 2. The fourth-order valence-corrected chi connectivity index (χ4v) is 3.19. The monoisotopic (exact) mass is 463 g/mol. The number of carbonyl (C=O) groups is 2. The fourth-order valence-electron chi connectivity index (χ4n) is 3.19. The summed E-state index contributed by atoms with van der Waals surface area (Å²) in [6.45, 7) is 3.52. The standard InChI is InChI=1S/C26H29N3O5/c1-5-18(2)27-24(30)17-34-25(31)14-12-20-16-29(21-9-7-6-8-10-21)28-26(20)19-11-13-22(32-3)23(15-19)33-4/h6-16,18H,5,17H2,1-4H3,(H,27,30)/b14-12+. The summed E-state index contributed by atoms with van der Waals surface area (Å²) in [5, 5.41) is 7.48. The average molecular weight is 464 g/mol. The second-order valence-electron chi connectivity index (χ2n) is 7.60. The van der Waals surface area contributed by atoms with Crippen molar-refractivity contribution in [2.24, 2.45) is 0 Å². The minimum Gasteiger partial charge on any atom is -0.493 e. The Hall–Kier alpha value is -4.07. The highest BCUT2D eigenvalue weighted by Gasteiger charge is 2.14. The number of hydrogen-bond donors (Lipinski definition) is 1. The van der Waals surface area contributed by atoms with Crippen molar-refractivity contribution in [3.8, 4) is 28.4 Å². The van der Waals surface area contributed by atoms with Gasteiger partial charge in [0.1, 0.15) is 5.69 Å². The number of hydrogen-bond acceptors (Lipinski definition) is 6. The topological polar surface area (TPSA) is 91.7 Å². The molecule has 0 aliphatic rings. The zero-order chi connectivity index (χ0) is 24.5. The molecule has 0 bridgehead atoms.